The minimum atomic E-state index is -0.505. The molecule has 1 N–H and O–H groups in total. The molecule has 7 nitrogen and oxygen atoms in total. The zero-order chi connectivity index (χ0) is 21.8. The average Bonchev–Trinajstić information content (AvgIpc) is 2.96. The maximum absolute atomic E-state index is 12.6. The van der Waals surface area contributed by atoms with E-state index in [1.165, 1.54) is 13.2 Å². The molecule has 3 amide bonds. The zero-order valence-electron chi connectivity index (χ0n) is 16.6. The Hall–Kier alpha value is -2.97. The van der Waals surface area contributed by atoms with Gasteiger partial charge in [-0.2, -0.15) is 0 Å². The summed E-state index contributed by atoms with van der Waals surface area (Å²) >= 11 is 6.86. The van der Waals surface area contributed by atoms with E-state index in [2.05, 4.69) is 5.32 Å². The van der Waals surface area contributed by atoms with Gasteiger partial charge in [0.1, 0.15) is 12.3 Å². The summed E-state index contributed by atoms with van der Waals surface area (Å²) in [5, 5.41) is 2.48. The van der Waals surface area contributed by atoms with E-state index in [-0.39, 0.29) is 11.4 Å². The van der Waals surface area contributed by atoms with E-state index in [1.807, 2.05) is 43.3 Å². The molecule has 1 heterocycles. The fourth-order valence-electron chi connectivity index (χ4n) is 2.74. The van der Waals surface area contributed by atoms with Gasteiger partial charge in [-0.25, -0.2) is 0 Å². The van der Waals surface area contributed by atoms with Crippen LogP contribution in [0, 0.1) is 0 Å². The second kappa shape index (κ2) is 9.23. The lowest BCUT2D eigenvalue weighted by Gasteiger charge is -2.13. The Morgan fingerprint density at radius 1 is 1.20 bits per heavy atom. The molecule has 0 saturated carbocycles. The zero-order valence-corrected chi connectivity index (χ0v) is 18.2. The van der Waals surface area contributed by atoms with Crippen molar-refractivity contribution >= 4 is 57.9 Å². The second-order valence-electron chi connectivity index (χ2n) is 6.65. The summed E-state index contributed by atoms with van der Waals surface area (Å²) in [4.78, 5) is 40.4. The number of ether oxygens (including phenoxy) is 1. The number of carbonyl (C=O) groups is 3. The van der Waals surface area contributed by atoms with Crippen LogP contribution < -0.4 is 15.0 Å². The SMILES string of the molecule is COc1ccc(NC(=O)CN2C(=O)S/C(=C/c3ccc(N(C)C)cc3)C2=O)cc1Cl. The van der Waals surface area contributed by atoms with Gasteiger partial charge in [-0.3, -0.25) is 19.3 Å². The largest absolute Gasteiger partial charge is 0.495 e. The van der Waals surface area contributed by atoms with Crippen LogP contribution in [-0.4, -0.2) is 49.7 Å². The number of imide groups is 1. The van der Waals surface area contributed by atoms with E-state index in [0.29, 0.717) is 16.5 Å². The number of anilines is 2. The van der Waals surface area contributed by atoms with Crippen molar-refractivity contribution < 1.29 is 19.1 Å². The lowest BCUT2D eigenvalue weighted by Crippen LogP contribution is -2.36. The van der Waals surface area contributed by atoms with E-state index < -0.39 is 17.1 Å². The van der Waals surface area contributed by atoms with Gasteiger partial charge in [0.25, 0.3) is 11.1 Å². The molecule has 2 aromatic rings. The first kappa shape index (κ1) is 21.7. The smallest absolute Gasteiger partial charge is 0.294 e. The minimum absolute atomic E-state index is 0.276. The molecule has 156 valence electrons. The normalized spacial score (nSPS) is 14.9. The van der Waals surface area contributed by atoms with Crippen LogP contribution in [0.2, 0.25) is 5.02 Å². The van der Waals surface area contributed by atoms with Gasteiger partial charge in [0.2, 0.25) is 5.91 Å². The third-order valence-electron chi connectivity index (χ3n) is 4.32. The van der Waals surface area contributed by atoms with E-state index in [4.69, 9.17) is 16.3 Å². The van der Waals surface area contributed by atoms with Crippen molar-refractivity contribution in [3.8, 4) is 5.75 Å². The highest BCUT2D eigenvalue weighted by Gasteiger charge is 2.36. The van der Waals surface area contributed by atoms with Crippen LogP contribution in [0.25, 0.3) is 6.08 Å². The first-order valence-electron chi connectivity index (χ1n) is 8.94. The molecule has 9 heteroatoms. The molecule has 0 unspecified atom stereocenters. The Labute approximate surface area is 183 Å². The van der Waals surface area contributed by atoms with Gasteiger partial charge in [0, 0.05) is 25.5 Å². The van der Waals surface area contributed by atoms with Gasteiger partial charge < -0.3 is 15.0 Å². The Morgan fingerprint density at radius 3 is 2.50 bits per heavy atom. The van der Waals surface area contributed by atoms with Crippen molar-refractivity contribution in [2.24, 2.45) is 0 Å². The van der Waals surface area contributed by atoms with Crippen molar-refractivity contribution in [3.05, 3.63) is 58.0 Å². The number of halogens is 1. The number of hydrogen-bond acceptors (Lipinski definition) is 6. The highest BCUT2D eigenvalue weighted by Crippen LogP contribution is 2.32. The van der Waals surface area contributed by atoms with Gasteiger partial charge in [0.15, 0.2) is 0 Å². The van der Waals surface area contributed by atoms with E-state index >= 15 is 0 Å². The van der Waals surface area contributed by atoms with Crippen LogP contribution in [0.15, 0.2) is 47.4 Å². The molecule has 0 bridgehead atoms. The molecule has 1 aliphatic rings. The van der Waals surface area contributed by atoms with Crippen LogP contribution in [-0.2, 0) is 9.59 Å². The van der Waals surface area contributed by atoms with Crippen molar-refractivity contribution in [2.75, 3.05) is 38.0 Å². The van der Waals surface area contributed by atoms with Gasteiger partial charge in [0.05, 0.1) is 17.0 Å². The fourth-order valence-corrected chi connectivity index (χ4v) is 3.84. The molecule has 0 aromatic heterocycles. The summed E-state index contributed by atoms with van der Waals surface area (Å²) in [6.45, 7) is -0.384. The molecule has 1 fully saturated rings. The summed E-state index contributed by atoms with van der Waals surface area (Å²) < 4.78 is 5.07. The maximum atomic E-state index is 12.6. The van der Waals surface area contributed by atoms with Crippen LogP contribution in [0.5, 0.6) is 5.75 Å². The second-order valence-corrected chi connectivity index (χ2v) is 8.05. The molecular weight excluding hydrogens is 426 g/mol. The standard InChI is InChI=1S/C21H20ClN3O4S/c1-24(2)15-7-4-13(5-8-15)10-18-20(27)25(21(28)30-18)12-19(26)23-14-6-9-17(29-3)16(22)11-14/h4-11H,12H2,1-3H3,(H,23,26)/b18-10+. The van der Waals surface area contributed by atoms with Crippen molar-refractivity contribution in [3.63, 3.8) is 0 Å². The first-order chi connectivity index (χ1) is 14.3. The number of nitrogens with one attached hydrogen (secondary N) is 1. The quantitative estimate of drug-likeness (QED) is 0.675. The molecule has 0 aliphatic carbocycles. The number of rotatable bonds is 6. The predicted molar refractivity (Wildman–Crippen MR) is 120 cm³/mol. The van der Waals surface area contributed by atoms with Crippen molar-refractivity contribution in [2.45, 2.75) is 0 Å². The number of thioether (sulfide) groups is 1. The fraction of sp³-hybridized carbons (Fsp3) is 0.190. The predicted octanol–water partition coefficient (Wildman–Crippen LogP) is 4.09. The summed E-state index contributed by atoms with van der Waals surface area (Å²) in [5.41, 5.74) is 2.26. The van der Waals surface area contributed by atoms with Gasteiger partial charge in [-0.05, 0) is 53.7 Å². The lowest BCUT2D eigenvalue weighted by atomic mass is 10.2. The van der Waals surface area contributed by atoms with Crippen LogP contribution in [0.1, 0.15) is 5.56 Å². The number of amides is 3. The van der Waals surface area contributed by atoms with Crippen molar-refractivity contribution in [1.29, 1.82) is 0 Å². The monoisotopic (exact) mass is 445 g/mol. The molecule has 0 radical (unpaired) electrons. The number of methoxy groups -OCH3 is 1. The molecule has 3 rings (SSSR count). The Morgan fingerprint density at radius 2 is 1.90 bits per heavy atom. The summed E-state index contributed by atoms with van der Waals surface area (Å²) in [5.74, 6) is -0.524. The van der Waals surface area contributed by atoms with E-state index in [1.54, 1.807) is 18.2 Å². The lowest BCUT2D eigenvalue weighted by molar-refractivity contribution is -0.127. The minimum Gasteiger partial charge on any atom is -0.495 e. The molecule has 0 spiro atoms. The van der Waals surface area contributed by atoms with Crippen LogP contribution >= 0.6 is 23.4 Å². The maximum Gasteiger partial charge on any atom is 0.294 e. The van der Waals surface area contributed by atoms with Gasteiger partial charge in [-0.1, -0.05) is 23.7 Å². The molecule has 1 saturated heterocycles. The molecular formula is C21H20ClN3O4S. The Kier molecular flexibility index (Phi) is 6.69. The summed E-state index contributed by atoms with van der Waals surface area (Å²) in [6, 6.07) is 12.3. The number of benzene rings is 2. The topological polar surface area (TPSA) is 79.0 Å². The van der Waals surface area contributed by atoms with E-state index in [0.717, 1.165) is 27.9 Å². The van der Waals surface area contributed by atoms with Crippen molar-refractivity contribution in [1.82, 2.24) is 4.90 Å². The highest BCUT2D eigenvalue weighted by molar-refractivity contribution is 8.18. The number of nitrogens with zero attached hydrogens (tertiary/aromatic N) is 2. The Balaban J connectivity index is 1.67. The molecule has 0 atom stereocenters. The van der Waals surface area contributed by atoms with Crippen LogP contribution in [0.4, 0.5) is 16.2 Å². The molecule has 2 aromatic carbocycles. The average molecular weight is 446 g/mol. The number of hydrogen-bond donors (Lipinski definition) is 1. The van der Waals surface area contributed by atoms with E-state index in [9.17, 15) is 14.4 Å². The van der Waals surface area contributed by atoms with Gasteiger partial charge >= 0.3 is 0 Å². The molecule has 1 aliphatic heterocycles. The number of carbonyl (C=O) groups excluding carboxylic acids is 3. The summed E-state index contributed by atoms with van der Waals surface area (Å²) in [7, 11) is 5.36. The third-order valence-corrected chi connectivity index (χ3v) is 5.52. The first-order valence-corrected chi connectivity index (χ1v) is 10.1. The van der Waals surface area contributed by atoms with Gasteiger partial charge in [-0.15, -0.1) is 0 Å². The Bertz CT molecular complexity index is 1020. The van der Waals surface area contributed by atoms with Crippen LogP contribution in [0.3, 0.4) is 0 Å². The highest BCUT2D eigenvalue weighted by atomic mass is 35.5. The third kappa shape index (κ3) is 4.95. The summed E-state index contributed by atoms with van der Waals surface area (Å²) in [6.07, 6.45) is 1.64. The molecule has 30 heavy (non-hydrogen) atoms.